The maximum atomic E-state index is 11.4. The van der Waals surface area contributed by atoms with Crippen molar-refractivity contribution in [2.24, 2.45) is 5.92 Å². The monoisotopic (exact) mass is 219 g/mol. The Bertz CT molecular complexity index is 162. The number of carbonyl (C=O) groups is 1. The molecule has 4 heteroatoms. The van der Waals surface area contributed by atoms with Gasteiger partial charge in [0.05, 0.1) is 5.25 Å². The zero-order chi connectivity index (χ0) is 11.0. The van der Waals surface area contributed by atoms with E-state index in [9.17, 15) is 4.79 Å². The molecule has 1 amide bonds. The molecule has 0 aliphatic carbocycles. The van der Waals surface area contributed by atoms with Crippen LogP contribution in [0.15, 0.2) is 0 Å². The summed E-state index contributed by atoms with van der Waals surface area (Å²) in [6.07, 6.45) is 1.94. The fraction of sp³-hybridized carbons (Fsp3) is 0.900. The Morgan fingerprint density at radius 3 is 2.57 bits per heavy atom. The fourth-order valence-corrected chi connectivity index (χ4v) is 1.08. The lowest BCUT2D eigenvalue weighted by atomic mass is 10.1. The van der Waals surface area contributed by atoms with Gasteiger partial charge in [-0.1, -0.05) is 13.8 Å². The van der Waals surface area contributed by atoms with Gasteiger partial charge < -0.3 is 10.1 Å². The van der Waals surface area contributed by atoms with Crippen LogP contribution < -0.4 is 5.32 Å². The molecule has 0 bridgehead atoms. The summed E-state index contributed by atoms with van der Waals surface area (Å²) < 4.78 is 4.91. The van der Waals surface area contributed by atoms with Crippen LogP contribution >= 0.6 is 12.6 Å². The first-order valence-electron chi connectivity index (χ1n) is 5.04. The van der Waals surface area contributed by atoms with Gasteiger partial charge in [-0.25, -0.2) is 0 Å². The van der Waals surface area contributed by atoms with Crippen molar-refractivity contribution in [1.82, 2.24) is 5.32 Å². The smallest absolute Gasteiger partial charge is 0.233 e. The normalized spacial score (nSPS) is 12.9. The Morgan fingerprint density at radius 1 is 1.43 bits per heavy atom. The average Bonchev–Trinajstić information content (AvgIpc) is 2.16. The maximum Gasteiger partial charge on any atom is 0.233 e. The van der Waals surface area contributed by atoms with Crippen molar-refractivity contribution in [3.8, 4) is 0 Å². The molecule has 84 valence electrons. The third-order valence-electron chi connectivity index (χ3n) is 1.97. The number of hydrogen-bond acceptors (Lipinski definition) is 3. The predicted molar refractivity (Wildman–Crippen MR) is 61.7 cm³/mol. The number of ether oxygens (including phenoxy) is 1. The van der Waals surface area contributed by atoms with Gasteiger partial charge >= 0.3 is 0 Å². The van der Waals surface area contributed by atoms with E-state index in [1.165, 1.54) is 0 Å². The van der Waals surface area contributed by atoms with Gasteiger partial charge in [-0.05, 0) is 18.8 Å². The highest BCUT2D eigenvalue weighted by atomic mass is 32.1. The van der Waals surface area contributed by atoms with Gasteiger partial charge in [-0.3, -0.25) is 4.79 Å². The van der Waals surface area contributed by atoms with Crippen LogP contribution in [0.25, 0.3) is 0 Å². The third kappa shape index (κ3) is 6.27. The second kappa shape index (κ2) is 8.12. The van der Waals surface area contributed by atoms with Crippen LogP contribution in [-0.2, 0) is 9.53 Å². The molecular formula is C10H21NO2S. The van der Waals surface area contributed by atoms with Crippen LogP contribution in [0.4, 0.5) is 0 Å². The van der Waals surface area contributed by atoms with Gasteiger partial charge in [-0.2, -0.15) is 12.6 Å². The number of unbranched alkanes of at least 4 members (excludes halogenated alkanes) is 1. The van der Waals surface area contributed by atoms with Crippen LogP contribution in [0.2, 0.25) is 0 Å². The van der Waals surface area contributed by atoms with Crippen LogP contribution in [0.1, 0.15) is 26.7 Å². The molecule has 1 N–H and O–H groups in total. The minimum Gasteiger partial charge on any atom is -0.385 e. The van der Waals surface area contributed by atoms with E-state index >= 15 is 0 Å². The molecule has 0 fully saturated rings. The summed E-state index contributed by atoms with van der Waals surface area (Å²) in [5.74, 6) is 0.304. The molecule has 0 saturated heterocycles. The zero-order valence-corrected chi connectivity index (χ0v) is 10.1. The molecule has 0 aliphatic heterocycles. The van der Waals surface area contributed by atoms with E-state index in [1.807, 2.05) is 13.8 Å². The molecule has 0 radical (unpaired) electrons. The first-order chi connectivity index (χ1) is 6.59. The van der Waals surface area contributed by atoms with E-state index in [2.05, 4.69) is 17.9 Å². The number of rotatable bonds is 7. The van der Waals surface area contributed by atoms with Gasteiger partial charge in [0.15, 0.2) is 0 Å². The highest BCUT2D eigenvalue weighted by molar-refractivity contribution is 7.81. The molecule has 0 aromatic rings. The number of hydrogen-bond donors (Lipinski definition) is 2. The lowest BCUT2D eigenvalue weighted by Crippen LogP contribution is -2.35. The Balaban J connectivity index is 3.44. The van der Waals surface area contributed by atoms with Gasteiger partial charge in [0, 0.05) is 20.3 Å². The third-order valence-corrected chi connectivity index (χ3v) is 2.81. The topological polar surface area (TPSA) is 38.3 Å². The van der Waals surface area contributed by atoms with E-state index in [-0.39, 0.29) is 17.1 Å². The van der Waals surface area contributed by atoms with Crippen molar-refractivity contribution >= 4 is 18.5 Å². The zero-order valence-electron chi connectivity index (χ0n) is 9.25. The predicted octanol–water partition coefficient (Wildman–Crippen LogP) is 1.48. The highest BCUT2D eigenvalue weighted by Gasteiger charge is 2.16. The number of methoxy groups -OCH3 is 1. The largest absolute Gasteiger partial charge is 0.385 e. The molecule has 0 aromatic carbocycles. The van der Waals surface area contributed by atoms with E-state index in [1.54, 1.807) is 7.11 Å². The Hall–Kier alpha value is -0.220. The minimum absolute atomic E-state index is 0.0285. The number of amides is 1. The second-order valence-corrected chi connectivity index (χ2v) is 4.24. The second-order valence-electron chi connectivity index (χ2n) is 3.68. The number of carbonyl (C=O) groups excluding carboxylic acids is 1. The SMILES string of the molecule is COCCCCNC(=O)C(S)C(C)C. The van der Waals surface area contributed by atoms with E-state index in [4.69, 9.17) is 4.74 Å². The molecule has 3 nitrogen and oxygen atoms in total. The summed E-state index contributed by atoms with van der Waals surface area (Å²) in [5, 5.41) is 2.65. The van der Waals surface area contributed by atoms with Crippen LogP contribution in [0.3, 0.4) is 0 Å². The first-order valence-corrected chi connectivity index (χ1v) is 5.56. The van der Waals surface area contributed by atoms with E-state index in [0.717, 1.165) is 19.4 Å². The summed E-state index contributed by atoms with van der Waals surface area (Å²) in [6.45, 7) is 5.45. The van der Waals surface area contributed by atoms with Crippen LogP contribution in [0, 0.1) is 5.92 Å². The van der Waals surface area contributed by atoms with Gasteiger partial charge in [0.25, 0.3) is 0 Å². The van der Waals surface area contributed by atoms with Crippen molar-refractivity contribution in [3.05, 3.63) is 0 Å². The summed E-state index contributed by atoms with van der Waals surface area (Å²) in [6, 6.07) is 0. The molecule has 0 aliphatic rings. The Kier molecular flexibility index (Phi) is 7.99. The lowest BCUT2D eigenvalue weighted by Gasteiger charge is -2.14. The standard InChI is InChI=1S/C10H21NO2S/c1-8(2)9(14)10(12)11-6-4-5-7-13-3/h8-9,14H,4-7H2,1-3H3,(H,11,12). The van der Waals surface area contributed by atoms with Crippen molar-refractivity contribution in [3.63, 3.8) is 0 Å². The molecule has 1 unspecified atom stereocenters. The van der Waals surface area contributed by atoms with Gasteiger partial charge in [0.2, 0.25) is 5.91 Å². The van der Waals surface area contributed by atoms with Crippen LogP contribution in [0.5, 0.6) is 0 Å². The summed E-state index contributed by atoms with van der Waals surface area (Å²) in [4.78, 5) is 11.4. The van der Waals surface area contributed by atoms with Crippen LogP contribution in [-0.4, -0.2) is 31.4 Å². The molecule has 0 rings (SSSR count). The average molecular weight is 219 g/mol. The van der Waals surface area contributed by atoms with E-state index < -0.39 is 0 Å². The van der Waals surface area contributed by atoms with E-state index in [0.29, 0.717) is 6.54 Å². The summed E-state index contributed by atoms with van der Waals surface area (Å²) >= 11 is 4.23. The molecule has 1 atom stereocenters. The molecular weight excluding hydrogens is 198 g/mol. The van der Waals surface area contributed by atoms with Gasteiger partial charge in [-0.15, -0.1) is 0 Å². The van der Waals surface area contributed by atoms with Gasteiger partial charge in [0.1, 0.15) is 0 Å². The Labute approximate surface area is 92.0 Å². The van der Waals surface area contributed by atoms with Crippen molar-refractivity contribution in [2.75, 3.05) is 20.3 Å². The minimum atomic E-state index is -0.197. The van der Waals surface area contributed by atoms with Crippen molar-refractivity contribution < 1.29 is 9.53 Å². The molecule has 0 heterocycles. The quantitative estimate of drug-likeness (QED) is 0.503. The Morgan fingerprint density at radius 2 is 2.07 bits per heavy atom. The highest BCUT2D eigenvalue weighted by Crippen LogP contribution is 2.08. The summed E-state index contributed by atoms with van der Waals surface area (Å²) in [7, 11) is 1.68. The lowest BCUT2D eigenvalue weighted by molar-refractivity contribution is -0.121. The molecule has 14 heavy (non-hydrogen) atoms. The maximum absolute atomic E-state index is 11.4. The fourth-order valence-electron chi connectivity index (χ4n) is 0.990. The number of thiol groups is 1. The molecule has 0 spiro atoms. The molecule has 0 saturated carbocycles. The van der Waals surface area contributed by atoms with Crippen molar-refractivity contribution in [1.29, 1.82) is 0 Å². The summed E-state index contributed by atoms with van der Waals surface area (Å²) in [5.41, 5.74) is 0. The number of nitrogens with one attached hydrogen (secondary N) is 1. The van der Waals surface area contributed by atoms with Crippen molar-refractivity contribution in [2.45, 2.75) is 31.9 Å². The first kappa shape index (κ1) is 13.8. The molecule has 0 aromatic heterocycles.